The van der Waals surface area contributed by atoms with E-state index in [0.29, 0.717) is 9.69 Å². The van der Waals surface area contributed by atoms with E-state index >= 15 is 4.39 Å². The highest BCUT2D eigenvalue weighted by molar-refractivity contribution is 7.92. The van der Waals surface area contributed by atoms with Gasteiger partial charge in [0.05, 0.1) is 13.7 Å². The zero-order chi connectivity index (χ0) is 31.4. The van der Waals surface area contributed by atoms with E-state index in [4.69, 9.17) is 18.9 Å². The third-order valence-corrected chi connectivity index (χ3v) is 7.53. The molecule has 1 atom stereocenters. The summed E-state index contributed by atoms with van der Waals surface area (Å²) < 4.78 is 65.5. The number of ether oxygens (including phenoxy) is 4. The predicted molar refractivity (Wildman–Crippen MR) is 154 cm³/mol. The molecule has 1 heterocycles. The molecule has 0 spiro atoms. The highest BCUT2D eigenvalue weighted by Crippen LogP contribution is 2.40. The highest BCUT2D eigenvalue weighted by Gasteiger charge is 2.38. The number of nitrogens with one attached hydrogen (secondary N) is 2. The SMILES string of the molecule is COC(=O)[C@H](CCOc1ccc2cc(OCc3ccccc3)c(N3CC(=O)NS3(=O)=O)c(F)c2c1)NC(=O)OC(C)(C)C. The molecule has 1 aliphatic heterocycles. The fraction of sp³-hybridized carbons (Fsp3) is 0.345. The summed E-state index contributed by atoms with van der Waals surface area (Å²) in [4.78, 5) is 36.3. The van der Waals surface area contributed by atoms with Gasteiger partial charge in [0.1, 0.15) is 42.0 Å². The molecule has 1 saturated heterocycles. The Labute approximate surface area is 248 Å². The first-order chi connectivity index (χ1) is 20.3. The fourth-order valence-electron chi connectivity index (χ4n) is 4.25. The molecule has 14 heteroatoms. The van der Waals surface area contributed by atoms with Crippen LogP contribution >= 0.6 is 0 Å². The average molecular weight is 618 g/mol. The number of hydrogen-bond acceptors (Lipinski definition) is 9. The number of anilines is 1. The largest absolute Gasteiger partial charge is 0.493 e. The number of benzene rings is 3. The van der Waals surface area contributed by atoms with Gasteiger partial charge >= 0.3 is 22.3 Å². The Balaban J connectivity index is 1.59. The number of fused-ring (bicyclic) bond motifs is 1. The normalized spacial score (nSPS) is 15.0. The third kappa shape index (κ3) is 7.83. The number of carbonyl (C=O) groups is 3. The Hall–Kier alpha value is -4.59. The van der Waals surface area contributed by atoms with Crippen molar-refractivity contribution in [3.05, 3.63) is 66.0 Å². The standard InChI is InChI=1S/C29H32FN3O9S/c1-29(2,3)42-28(36)31-22(27(35)39-4)12-13-40-20-11-10-19-14-23(41-17-18-8-6-5-7-9-18)26(25(30)21(19)15-20)33-16-24(34)32-43(33,37)38/h5-11,14-15,22H,12-13,16-17H2,1-4H3,(H,31,36)(H,32,34)/t22-/m0/s1. The Morgan fingerprint density at radius 3 is 2.44 bits per heavy atom. The zero-order valence-corrected chi connectivity index (χ0v) is 24.8. The number of methoxy groups -OCH3 is 1. The molecule has 0 saturated carbocycles. The first-order valence-corrected chi connectivity index (χ1v) is 14.7. The summed E-state index contributed by atoms with van der Waals surface area (Å²) in [5.74, 6) is -2.33. The van der Waals surface area contributed by atoms with Crippen molar-refractivity contribution in [2.45, 2.75) is 45.4 Å². The molecule has 2 N–H and O–H groups in total. The van der Waals surface area contributed by atoms with Crippen LogP contribution in [0, 0.1) is 5.82 Å². The number of alkyl carbamates (subject to hydrolysis) is 1. The molecule has 3 aromatic rings. The fourth-order valence-corrected chi connectivity index (χ4v) is 5.41. The van der Waals surface area contributed by atoms with E-state index in [2.05, 4.69) is 5.32 Å². The van der Waals surface area contributed by atoms with Gasteiger partial charge in [-0.1, -0.05) is 36.4 Å². The summed E-state index contributed by atoms with van der Waals surface area (Å²) in [6.45, 7) is 4.36. The molecule has 3 aromatic carbocycles. The van der Waals surface area contributed by atoms with Gasteiger partial charge in [-0.25, -0.2) is 23.0 Å². The van der Waals surface area contributed by atoms with Crippen LogP contribution < -0.4 is 23.8 Å². The Morgan fingerprint density at radius 2 is 1.81 bits per heavy atom. The Bertz CT molecular complexity index is 1630. The van der Waals surface area contributed by atoms with E-state index < -0.39 is 57.9 Å². The number of hydrogen-bond donors (Lipinski definition) is 2. The van der Waals surface area contributed by atoms with Crippen LogP contribution in [0.25, 0.3) is 10.8 Å². The van der Waals surface area contributed by atoms with E-state index in [1.807, 2.05) is 10.8 Å². The van der Waals surface area contributed by atoms with Gasteiger partial charge in [0, 0.05) is 11.8 Å². The maximum Gasteiger partial charge on any atom is 0.408 e. The first kappa shape index (κ1) is 31.3. The highest BCUT2D eigenvalue weighted by atomic mass is 32.2. The summed E-state index contributed by atoms with van der Waals surface area (Å²) in [5.41, 5.74) is -0.437. The molecule has 1 fully saturated rings. The molecule has 0 unspecified atom stereocenters. The topological polar surface area (TPSA) is 150 Å². The van der Waals surface area contributed by atoms with Crippen LogP contribution in [0.5, 0.6) is 11.5 Å². The van der Waals surface area contributed by atoms with Gasteiger partial charge in [0.2, 0.25) is 0 Å². The molecule has 43 heavy (non-hydrogen) atoms. The minimum absolute atomic E-state index is 0.00372. The van der Waals surface area contributed by atoms with Gasteiger partial charge in [0.15, 0.2) is 5.82 Å². The van der Waals surface area contributed by atoms with Crippen molar-refractivity contribution in [1.82, 2.24) is 10.0 Å². The third-order valence-electron chi connectivity index (χ3n) is 6.15. The number of rotatable bonds is 10. The van der Waals surface area contributed by atoms with Crippen LogP contribution in [0.4, 0.5) is 14.9 Å². The minimum Gasteiger partial charge on any atom is -0.493 e. The van der Waals surface area contributed by atoms with Crippen LogP contribution in [-0.4, -0.2) is 58.3 Å². The van der Waals surface area contributed by atoms with Crippen molar-refractivity contribution in [1.29, 1.82) is 0 Å². The van der Waals surface area contributed by atoms with Crippen molar-refractivity contribution in [3.63, 3.8) is 0 Å². The quantitative estimate of drug-likeness (QED) is 0.326. The van der Waals surface area contributed by atoms with Gasteiger partial charge in [-0.2, -0.15) is 8.42 Å². The smallest absolute Gasteiger partial charge is 0.408 e. The average Bonchev–Trinajstić information content (AvgIpc) is 3.21. The van der Waals surface area contributed by atoms with Crippen LogP contribution in [0.15, 0.2) is 54.6 Å². The van der Waals surface area contributed by atoms with Crippen molar-refractivity contribution < 1.29 is 46.1 Å². The van der Waals surface area contributed by atoms with Gasteiger partial charge in [0.25, 0.3) is 5.91 Å². The van der Waals surface area contributed by atoms with Crippen molar-refractivity contribution >= 4 is 44.6 Å². The Morgan fingerprint density at radius 1 is 1.09 bits per heavy atom. The van der Waals surface area contributed by atoms with E-state index in [1.54, 1.807) is 57.2 Å². The second kappa shape index (κ2) is 12.7. The van der Waals surface area contributed by atoms with Gasteiger partial charge in [-0.15, -0.1) is 0 Å². The maximum absolute atomic E-state index is 16.1. The van der Waals surface area contributed by atoms with Crippen LogP contribution in [0.2, 0.25) is 0 Å². The lowest BCUT2D eigenvalue weighted by Crippen LogP contribution is -2.44. The van der Waals surface area contributed by atoms with Crippen molar-refractivity contribution in [2.75, 3.05) is 24.6 Å². The van der Waals surface area contributed by atoms with Crippen LogP contribution in [0.3, 0.4) is 0 Å². The summed E-state index contributed by atoms with van der Waals surface area (Å²) in [7, 11) is -3.18. The summed E-state index contributed by atoms with van der Waals surface area (Å²) in [5, 5.41) is 2.83. The molecule has 0 radical (unpaired) electrons. The monoisotopic (exact) mass is 617 g/mol. The van der Waals surface area contributed by atoms with Crippen molar-refractivity contribution in [3.8, 4) is 11.5 Å². The lowest BCUT2D eigenvalue weighted by molar-refractivity contribution is -0.143. The summed E-state index contributed by atoms with van der Waals surface area (Å²) in [6.07, 6.45) is -0.803. The number of nitrogens with zero attached hydrogens (tertiary/aromatic N) is 1. The zero-order valence-electron chi connectivity index (χ0n) is 24.0. The molecule has 2 amide bonds. The first-order valence-electron chi connectivity index (χ1n) is 13.2. The summed E-state index contributed by atoms with van der Waals surface area (Å²) >= 11 is 0. The van der Waals surface area contributed by atoms with Crippen molar-refractivity contribution in [2.24, 2.45) is 0 Å². The molecular weight excluding hydrogens is 585 g/mol. The molecule has 0 bridgehead atoms. The number of halogens is 1. The predicted octanol–water partition coefficient (Wildman–Crippen LogP) is 3.57. The van der Waals surface area contributed by atoms with E-state index in [-0.39, 0.29) is 36.5 Å². The molecule has 0 aliphatic carbocycles. The molecule has 1 aliphatic rings. The van der Waals surface area contributed by atoms with E-state index in [1.165, 1.54) is 19.2 Å². The lowest BCUT2D eigenvalue weighted by Gasteiger charge is -2.22. The minimum atomic E-state index is -4.36. The molecule has 4 rings (SSSR count). The second-order valence-corrected chi connectivity index (χ2v) is 12.2. The Kier molecular flexibility index (Phi) is 9.28. The van der Waals surface area contributed by atoms with Gasteiger partial charge in [-0.05, 0) is 49.9 Å². The molecule has 0 aromatic heterocycles. The molecular formula is C29H32FN3O9S. The second-order valence-electron chi connectivity index (χ2n) is 10.6. The number of amides is 2. The van der Waals surface area contributed by atoms with E-state index in [0.717, 1.165) is 5.56 Å². The van der Waals surface area contributed by atoms with Crippen LogP contribution in [-0.2, 0) is 35.9 Å². The number of carbonyl (C=O) groups excluding carboxylic acids is 3. The molecule has 230 valence electrons. The molecule has 12 nitrogen and oxygen atoms in total. The lowest BCUT2D eigenvalue weighted by atomic mass is 10.1. The van der Waals surface area contributed by atoms with Gasteiger partial charge in [-0.3, -0.25) is 4.79 Å². The number of esters is 1. The maximum atomic E-state index is 16.1. The summed E-state index contributed by atoms with van der Waals surface area (Å²) in [6, 6.07) is 13.9. The van der Waals surface area contributed by atoms with Gasteiger partial charge < -0.3 is 24.3 Å². The van der Waals surface area contributed by atoms with E-state index in [9.17, 15) is 22.8 Å². The van der Waals surface area contributed by atoms with Crippen LogP contribution in [0.1, 0.15) is 32.8 Å².